The van der Waals surface area contributed by atoms with Crippen molar-refractivity contribution in [3.05, 3.63) is 12.2 Å². The topological polar surface area (TPSA) is 9.23 Å². The Morgan fingerprint density at radius 2 is 2.55 bits per heavy atom. The summed E-state index contributed by atoms with van der Waals surface area (Å²) in [6, 6.07) is 0. The Morgan fingerprint density at radius 3 is 3.09 bits per heavy atom. The molecular weight excluding hydrogens is 156 g/mol. The zero-order valence-electron chi connectivity index (χ0n) is 6.88. The second-order valence-electron chi connectivity index (χ2n) is 2.90. The summed E-state index contributed by atoms with van der Waals surface area (Å²) in [5.41, 5.74) is 0. The van der Waals surface area contributed by atoms with Crippen molar-refractivity contribution in [3.8, 4) is 0 Å². The van der Waals surface area contributed by atoms with Gasteiger partial charge in [-0.1, -0.05) is 12.2 Å². The minimum Gasteiger partial charge on any atom is -0.490 e. The highest BCUT2D eigenvalue weighted by Crippen LogP contribution is 2.20. The molecule has 2 heteroatoms. The van der Waals surface area contributed by atoms with E-state index in [9.17, 15) is 0 Å². The Kier molecular flexibility index (Phi) is 3.57. The largest absolute Gasteiger partial charge is 0.490 e. The van der Waals surface area contributed by atoms with E-state index in [4.69, 9.17) is 17.0 Å². The number of thiocarbonyl (C=S) groups is 1. The van der Waals surface area contributed by atoms with Crippen molar-refractivity contribution < 1.29 is 4.74 Å². The molecule has 11 heavy (non-hydrogen) atoms. The van der Waals surface area contributed by atoms with Gasteiger partial charge in [0, 0.05) is 6.42 Å². The van der Waals surface area contributed by atoms with Crippen LogP contribution < -0.4 is 0 Å². The molecule has 62 valence electrons. The van der Waals surface area contributed by atoms with E-state index in [-0.39, 0.29) is 0 Å². The molecule has 1 rings (SSSR count). The molecule has 1 aliphatic carbocycles. The first-order chi connectivity index (χ1) is 5.33. The molecule has 0 aromatic rings. The van der Waals surface area contributed by atoms with Crippen LogP contribution in [0.15, 0.2) is 12.2 Å². The van der Waals surface area contributed by atoms with E-state index in [1.54, 1.807) is 7.11 Å². The molecule has 0 N–H and O–H groups in total. The number of ether oxygens (including phenoxy) is 1. The smallest absolute Gasteiger partial charge is 0.159 e. The van der Waals surface area contributed by atoms with Gasteiger partial charge in [0.15, 0.2) is 5.05 Å². The lowest BCUT2D eigenvalue weighted by molar-refractivity contribution is 0.388. The highest BCUT2D eigenvalue weighted by Gasteiger charge is 2.10. The SMILES string of the molecule is COC(=S)CC1C=CCCC1. The van der Waals surface area contributed by atoms with E-state index in [2.05, 4.69) is 12.2 Å². The zero-order chi connectivity index (χ0) is 8.10. The van der Waals surface area contributed by atoms with Crippen LogP contribution in [0.5, 0.6) is 0 Å². The average molecular weight is 170 g/mol. The van der Waals surface area contributed by atoms with E-state index in [1.165, 1.54) is 19.3 Å². The lowest BCUT2D eigenvalue weighted by Gasteiger charge is -2.15. The first kappa shape index (κ1) is 8.72. The van der Waals surface area contributed by atoms with Crippen LogP contribution in [0.4, 0.5) is 0 Å². The second-order valence-corrected chi connectivity index (χ2v) is 3.35. The van der Waals surface area contributed by atoms with Gasteiger partial charge >= 0.3 is 0 Å². The molecule has 0 radical (unpaired) electrons. The number of methoxy groups -OCH3 is 1. The van der Waals surface area contributed by atoms with Crippen molar-refractivity contribution in [2.24, 2.45) is 5.92 Å². The molecule has 0 saturated carbocycles. The van der Waals surface area contributed by atoms with E-state index in [0.29, 0.717) is 5.92 Å². The maximum absolute atomic E-state index is 4.98. The van der Waals surface area contributed by atoms with E-state index in [0.717, 1.165) is 11.5 Å². The van der Waals surface area contributed by atoms with Crippen molar-refractivity contribution in [1.82, 2.24) is 0 Å². The van der Waals surface area contributed by atoms with E-state index < -0.39 is 0 Å². The van der Waals surface area contributed by atoms with Crippen molar-refractivity contribution >= 4 is 17.3 Å². The summed E-state index contributed by atoms with van der Waals surface area (Å²) in [6.07, 6.45) is 9.22. The van der Waals surface area contributed by atoms with E-state index in [1.807, 2.05) is 0 Å². The third kappa shape index (κ3) is 3.02. The predicted octanol–water partition coefficient (Wildman–Crippen LogP) is 2.71. The fourth-order valence-electron chi connectivity index (χ4n) is 1.35. The van der Waals surface area contributed by atoms with Gasteiger partial charge in [0.2, 0.25) is 0 Å². The Bertz CT molecular complexity index is 163. The monoisotopic (exact) mass is 170 g/mol. The van der Waals surface area contributed by atoms with Crippen LogP contribution in [-0.2, 0) is 4.74 Å². The molecule has 0 aromatic heterocycles. The standard InChI is InChI=1S/C9H14OS/c1-10-9(11)7-8-5-3-2-4-6-8/h3,5,8H,2,4,6-7H2,1H3. The van der Waals surface area contributed by atoms with Gasteiger partial charge in [0.25, 0.3) is 0 Å². The zero-order valence-corrected chi connectivity index (χ0v) is 7.69. The summed E-state index contributed by atoms with van der Waals surface area (Å²) in [6.45, 7) is 0. The average Bonchev–Trinajstić information content (AvgIpc) is 2.06. The summed E-state index contributed by atoms with van der Waals surface area (Å²) < 4.78 is 4.95. The van der Waals surface area contributed by atoms with Gasteiger partial charge in [-0.25, -0.2) is 0 Å². The van der Waals surface area contributed by atoms with Crippen molar-refractivity contribution in [1.29, 1.82) is 0 Å². The predicted molar refractivity (Wildman–Crippen MR) is 50.7 cm³/mol. The van der Waals surface area contributed by atoms with Gasteiger partial charge in [-0.3, -0.25) is 0 Å². The molecule has 0 fully saturated rings. The van der Waals surface area contributed by atoms with Gasteiger partial charge in [-0.15, -0.1) is 0 Å². The van der Waals surface area contributed by atoms with Crippen LogP contribution in [-0.4, -0.2) is 12.2 Å². The van der Waals surface area contributed by atoms with Gasteiger partial charge < -0.3 is 4.74 Å². The molecule has 0 heterocycles. The molecular formula is C9H14OS. The first-order valence-corrected chi connectivity index (χ1v) is 4.47. The molecule has 1 unspecified atom stereocenters. The summed E-state index contributed by atoms with van der Waals surface area (Å²) in [4.78, 5) is 0. The minimum absolute atomic E-state index is 0.635. The van der Waals surface area contributed by atoms with Crippen LogP contribution in [0.2, 0.25) is 0 Å². The summed E-state index contributed by atoms with van der Waals surface area (Å²) in [7, 11) is 1.65. The van der Waals surface area contributed by atoms with Gasteiger partial charge in [-0.05, 0) is 37.4 Å². The first-order valence-electron chi connectivity index (χ1n) is 4.06. The van der Waals surface area contributed by atoms with Crippen LogP contribution in [0, 0.1) is 5.92 Å². The molecule has 1 atom stereocenters. The quantitative estimate of drug-likeness (QED) is 0.465. The molecule has 0 spiro atoms. The molecule has 0 aromatic carbocycles. The normalized spacial score (nSPS) is 23.2. The third-order valence-electron chi connectivity index (χ3n) is 2.01. The lowest BCUT2D eigenvalue weighted by atomic mass is 9.93. The summed E-state index contributed by atoms with van der Waals surface area (Å²) >= 11 is 4.98. The maximum Gasteiger partial charge on any atom is 0.159 e. The number of allylic oxidation sites excluding steroid dienone is 2. The third-order valence-corrected chi connectivity index (χ3v) is 2.34. The fraction of sp³-hybridized carbons (Fsp3) is 0.667. The number of hydrogen-bond donors (Lipinski definition) is 0. The molecule has 0 amide bonds. The Balaban J connectivity index is 2.30. The number of rotatable bonds is 2. The van der Waals surface area contributed by atoms with Crippen LogP contribution in [0.3, 0.4) is 0 Å². The highest BCUT2D eigenvalue weighted by molar-refractivity contribution is 7.80. The summed E-state index contributed by atoms with van der Waals surface area (Å²) in [5.74, 6) is 0.635. The minimum atomic E-state index is 0.635. The van der Waals surface area contributed by atoms with Gasteiger partial charge in [0.05, 0.1) is 7.11 Å². The lowest BCUT2D eigenvalue weighted by Crippen LogP contribution is -2.08. The molecule has 0 saturated heterocycles. The maximum atomic E-state index is 4.98. The van der Waals surface area contributed by atoms with Crippen molar-refractivity contribution in [2.45, 2.75) is 25.7 Å². The highest BCUT2D eigenvalue weighted by atomic mass is 32.1. The van der Waals surface area contributed by atoms with Crippen LogP contribution in [0.1, 0.15) is 25.7 Å². The van der Waals surface area contributed by atoms with Crippen LogP contribution in [0.25, 0.3) is 0 Å². The van der Waals surface area contributed by atoms with Gasteiger partial charge in [0.1, 0.15) is 0 Å². The van der Waals surface area contributed by atoms with Crippen molar-refractivity contribution in [3.63, 3.8) is 0 Å². The fourth-order valence-corrected chi connectivity index (χ4v) is 1.56. The van der Waals surface area contributed by atoms with Crippen molar-refractivity contribution in [2.75, 3.05) is 7.11 Å². The van der Waals surface area contributed by atoms with E-state index >= 15 is 0 Å². The molecule has 1 aliphatic rings. The van der Waals surface area contributed by atoms with Gasteiger partial charge in [-0.2, -0.15) is 0 Å². The Hall–Kier alpha value is -0.370. The number of hydrogen-bond acceptors (Lipinski definition) is 2. The van der Waals surface area contributed by atoms with Crippen LogP contribution >= 0.6 is 12.2 Å². The Labute approximate surface area is 73.4 Å². The Morgan fingerprint density at radius 1 is 1.73 bits per heavy atom. The molecule has 0 aliphatic heterocycles. The summed E-state index contributed by atoms with van der Waals surface area (Å²) in [5, 5.41) is 0.738. The second kappa shape index (κ2) is 4.50. The molecule has 1 nitrogen and oxygen atoms in total. The molecule has 0 bridgehead atoms.